The van der Waals surface area contributed by atoms with Crippen molar-refractivity contribution >= 4 is 34.8 Å². The van der Waals surface area contributed by atoms with Gasteiger partial charge in [-0.2, -0.15) is 18.3 Å². The van der Waals surface area contributed by atoms with Crippen LogP contribution in [0.1, 0.15) is 31.2 Å². The lowest BCUT2D eigenvalue weighted by Crippen LogP contribution is -2.49. The van der Waals surface area contributed by atoms with Gasteiger partial charge < -0.3 is 15.0 Å². The van der Waals surface area contributed by atoms with E-state index in [-0.39, 0.29) is 51.6 Å². The average Bonchev–Trinajstić information content (AvgIpc) is 3.45. The van der Waals surface area contributed by atoms with Crippen LogP contribution >= 0.6 is 22.9 Å². The summed E-state index contributed by atoms with van der Waals surface area (Å²) in [5.41, 5.74) is -0.237. The fourth-order valence-electron chi connectivity index (χ4n) is 4.56. The van der Waals surface area contributed by atoms with Crippen LogP contribution in [0, 0.1) is 5.82 Å². The first-order chi connectivity index (χ1) is 19.0. The summed E-state index contributed by atoms with van der Waals surface area (Å²) in [5, 5.41) is 6.59. The third-order valence-electron chi connectivity index (χ3n) is 6.41. The van der Waals surface area contributed by atoms with Crippen molar-refractivity contribution in [2.45, 2.75) is 18.6 Å². The Bertz CT molecular complexity index is 1570. The molecule has 1 N–H and O–H groups in total. The normalized spacial score (nSPS) is 14.1. The third kappa shape index (κ3) is 5.54. The van der Waals surface area contributed by atoms with Gasteiger partial charge in [0, 0.05) is 19.2 Å². The molecule has 1 aliphatic rings. The Hall–Kier alpha value is -3.90. The molecule has 0 spiro atoms. The van der Waals surface area contributed by atoms with Crippen molar-refractivity contribution in [3.63, 3.8) is 0 Å². The summed E-state index contributed by atoms with van der Waals surface area (Å²) in [6, 6.07) is 12.1. The average molecular weight is 593 g/mol. The van der Waals surface area contributed by atoms with Crippen molar-refractivity contribution < 1.29 is 31.9 Å². The fraction of sp³-hybridized carbons (Fsp3) is 0.222. The molecule has 1 aliphatic heterocycles. The molecule has 0 saturated heterocycles. The summed E-state index contributed by atoms with van der Waals surface area (Å²) in [6.45, 7) is -0.273. The lowest BCUT2D eigenvalue weighted by molar-refractivity contribution is -0.138. The number of ether oxygens (including phenoxy) is 1. The summed E-state index contributed by atoms with van der Waals surface area (Å²) < 4.78 is 62.6. The van der Waals surface area contributed by atoms with Crippen molar-refractivity contribution in [3.8, 4) is 17.0 Å². The molecule has 2 aromatic heterocycles. The number of nitrogens with one attached hydrogen (secondary N) is 1. The maximum Gasteiger partial charge on any atom is 0.416 e. The maximum absolute atomic E-state index is 14.3. The second kappa shape index (κ2) is 10.9. The molecule has 7 nitrogen and oxygen atoms in total. The number of aryl methyl sites for hydroxylation is 1. The van der Waals surface area contributed by atoms with Gasteiger partial charge in [-0.3, -0.25) is 14.3 Å². The molecular formula is C27H21ClF4N4O3S. The van der Waals surface area contributed by atoms with Gasteiger partial charge >= 0.3 is 6.18 Å². The first kappa shape index (κ1) is 27.7. The largest absolute Gasteiger partial charge is 0.472 e. The van der Waals surface area contributed by atoms with Crippen molar-refractivity contribution in [2.24, 2.45) is 7.05 Å². The van der Waals surface area contributed by atoms with Crippen molar-refractivity contribution in [3.05, 3.63) is 92.5 Å². The number of para-hydroxylation sites is 1. The number of halogens is 5. The Kier molecular flexibility index (Phi) is 7.56. The number of rotatable bonds is 7. The van der Waals surface area contributed by atoms with E-state index in [1.54, 1.807) is 24.3 Å². The first-order valence-electron chi connectivity index (χ1n) is 12.0. The molecule has 2 aromatic carbocycles. The number of carbonyl (C=O) groups is 2. The number of fused-ring (bicyclic) bond motifs is 1. The number of alkyl halides is 3. The number of benzene rings is 2. The van der Waals surface area contributed by atoms with Crippen LogP contribution in [0.2, 0.25) is 4.34 Å². The van der Waals surface area contributed by atoms with Gasteiger partial charge in [0.05, 0.1) is 28.2 Å². The lowest BCUT2D eigenvalue weighted by atomic mass is 9.99. The summed E-state index contributed by atoms with van der Waals surface area (Å²) in [6.07, 6.45) is -3.82. The predicted octanol–water partition coefficient (Wildman–Crippen LogP) is 5.79. The van der Waals surface area contributed by atoms with E-state index in [4.69, 9.17) is 16.3 Å². The minimum Gasteiger partial charge on any atom is -0.472 e. The molecule has 0 bridgehead atoms. The molecule has 13 heteroatoms. The van der Waals surface area contributed by atoms with Gasteiger partial charge in [0.25, 0.3) is 11.8 Å². The molecule has 0 unspecified atom stereocenters. The van der Waals surface area contributed by atoms with Gasteiger partial charge in [0.2, 0.25) is 0 Å². The smallest absolute Gasteiger partial charge is 0.416 e. The van der Waals surface area contributed by atoms with Crippen LogP contribution in [0.25, 0.3) is 11.3 Å². The van der Waals surface area contributed by atoms with Crippen molar-refractivity contribution in [2.75, 3.05) is 13.3 Å². The monoisotopic (exact) mass is 592 g/mol. The summed E-state index contributed by atoms with van der Waals surface area (Å²) in [7, 11) is 1.52. The van der Waals surface area contributed by atoms with Crippen LogP contribution in [0.3, 0.4) is 0 Å². The van der Waals surface area contributed by atoms with Crippen molar-refractivity contribution in [1.82, 2.24) is 20.0 Å². The molecule has 0 aliphatic carbocycles. The molecule has 3 heterocycles. The molecular weight excluding hydrogens is 572 g/mol. The zero-order valence-corrected chi connectivity index (χ0v) is 22.4. The summed E-state index contributed by atoms with van der Waals surface area (Å²) >= 11 is 7.21. The Morgan fingerprint density at radius 3 is 2.62 bits per heavy atom. The van der Waals surface area contributed by atoms with E-state index >= 15 is 0 Å². The summed E-state index contributed by atoms with van der Waals surface area (Å²) in [5.74, 6) is -1.24. The van der Waals surface area contributed by atoms with Gasteiger partial charge in [0.1, 0.15) is 15.8 Å². The number of hydrogen-bond acceptors (Lipinski definition) is 5. The molecule has 208 valence electrons. The van der Waals surface area contributed by atoms with Crippen molar-refractivity contribution in [1.29, 1.82) is 0 Å². The number of carbonyl (C=O) groups excluding carboxylic acids is 2. The number of thiophene rings is 1. The minimum atomic E-state index is -4.61. The lowest BCUT2D eigenvalue weighted by Gasteiger charge is -2.32. The van der Waals surface area contributed by atoms with E-state index in [9.17, 15) is 27.2 Å². The van der Waals surface area contributed by atoms with E-state index in [0.29, 0.717) is 11.3 Å². The standard InChI is InChI=1S/C27H21ClF4N4O3S/c1-35-23(20(29)12-33-35)18-11-22(40-24(18)28)25(37)34-16(10-15-6-2-4-8-19(15)27(30,31)32)13-36-14-39-21-9-5-3-7-17(21)26(36)38/h2-9,11-12,16H,10,13-14H2,1H3,(H,34,37)/t16-/m0/s1. The van der Waals surface area contributed by atoms with E-state index in [2.05, 4.69) is 10.4 Å². The maximum atomic E-state index is 14.3. The highest BCUT2D eigenvalue weighted by atomic mass is 35.5. The molecule has 0 radical (unpaired) electrons. The van der Waals surface area contributed by atoms with Crippen LogP contribution in [-0.4, -0.2) is 45.8 Å². The quantitative estimate of drug-likeness (QED) is 0.276. The van der Waals surface area contributed by atoms with E-state index in [1.165, 1.54) is 40.9 Å². The number of amides is 2. The number of aromatic nitrogens is 2. The van der Waals surface area contributed by atoms with E-state index < -0.39 is 29.5 Å². The third-order valence-corrected chi connectivity index (χ3v) is 7.76. The van der Waals surface area contributed by atoms with Gasteiger partial charge in [-0.15, -0.1) is 11.3 Å². The molecule has 40 heavy (non-hydrogen) atoms. The second-order valence-corrected chi connectivity index (χ2v) is 10.7. The van der Waals surface area contributed by atoms with Gasteiger partial charge in [-0.1, -0.05) is 41.9 Å². The van der Waals surface area contributed by atoms with Gasteiger partial charge in [-0.25, -0.2) is 4.39 Å². The van der Waals surface area contributed by atoms with Crippen LogP contribution in [0.15, 0.2) is 60.8 Å². The predicted molar refractivity (Wildman–Crippen MR) is 141 cm³/mol. The molecule has 0 fully saturated rings. The number of nitrogens with zero attached hydrogens (tertiary/aromatic N) is 3. The van der Waals surface area contributed by atoms with Gasteiger partial charge in [0.15, 0.2) is 12.5 Å². The summed E-state index contributed by atoms with van der Waals surface area (Å²) in [4.78, 5) is 27.9. The number of hydrogen-bond donors (Lipinski definition) is 1. The Morgan fingerprint density at radius 2 is 1.90 bits per heavy atom. The minimum absolute atomic E-state index is 0.0482. The molecule has 2 amide bonds. The molecule has 0 saturated carbocycles. The zero-order chi connectivity index (χ0) is 28.6. The molecule has 1 atom stereocenters. The topological polar surface area (TPSA) is 76.5 Å². The Labute approximate surface area is 234 Å². The van der Waals surface area contributed by atoms with Gasteiger partial charge in [-0.05, 0) is 36.2 Å². The van der Waals surface area contributed by atoms with E-state index in [0.717, 1.165) is 23.6 Å². The van der Waals surface area contributed by atoms with E-state index in [1.807, 2.05) is 0 Å². The Balaban J connectivity index is 1.44. The molecule has 4 aromatic rings. The van der Waals surface area contributed by atoms with Crippen LogP contribution in [-0.2, 0) is 19.6 Å². The SMILES string of the molecule is Cn1ncc(F)c1-c1cc(C(=O)N[C@@H](Cc2ccccc2C(F)(F)F)CN2COc3ccccc3C2=O)sc1Cl. The highest BCUT2D eigenvalue weighted by Crippen LogP contribution is 2.37. The van der Waals surface area contributed by atoms with Crippen LogP contribution < -0.4 is 10.1 Å². The Morgan fingerprint density at radius 1 is 1.18 bits per heavy atom. The highest BCUT2D eigenvalue weighted by Gasteiger charge is 2.35. The zero-order valence-electron chi connectivity index (χ0n) is 20.8. The molecule has 5 rings (SSSR count). The second-order valence-electron chi connectivity index (χ2n) is 9.09. The highest BCUT2D eigenvalue weighted by molar-refractivity contribution is 7.18. The van der Waals surface area contributed by atoms with Crippen LogP contribution in [0.5, 0.6) is 5.75 Å². The fourth-order valence-corrected chi connectivity index (χ4v) is 5.74. The van der Waals surface area contributed by atoms with Crippen LogP contribution in [0.4, 0.5) is 17.6 Å². The first-order valence-corrected chi connectivity index (χ1v) is 13.2.